The topological polar surface area (TPSA) is 35.5 Å². The van der Waals surface area contributed by atoms with E-state index in [1.54, 1.807) is 0 Å². The van der Waals surface area contributed by atoms with Crippen molar-refractivity contribution in [1.29, 1.82) is 0 Å². The third kappa shape index (κ3) is 1.80. The largest absolute Gasteiger partial charge is 0.428 e. The van der Waals surface area contributed by atoms with Gasteiger partial charge in [0.15, 0.2) is 0 Å². The Bertz CT molecular complexity index is 184. The van der Waals surface area contributed by atoms with E-state index in [0.29, 0.717) is 0 Å². The van der Waals surface area contributed by atoms with E-state index in [2.05, 4.69) is 6.92 Å². The van der Waals surface area contributed by atoms with Crippen molar-refractivity contribution in [3.63, 3.8) is 0 Å². The van der Waals surface area contributed by atoms with Gasteiger partial charge in [0.25, 0.3) is 0 Å². The van der Waals surface area contributed by atoms with Crippen molar-refractivity contribution in [1.82, 2.24) is 0 Å². The van der Waals surface area contributed by atoms with Gasteiger partial charge < -0.3 is 9.47 Å². The molecule has 11 heavy (non-hydrogen) atoms. The van der Waals surface area contributed by atoms with Crippen LogP contribution in [0, 0.1) is 0 Å². The maximum atomic E-state index is 10.7. The average Bonchev–Trinajstić information content (AvgIpc) is 2.32. The zero-order valence-electron chi connectivity index (χ0n) is 6.79. The molecule has 0 saturated carbocycles. The fourth-order valence-corrected chi connectivity index (χ4v) is 1.11. The molecule has 0 aromatic carbocycles. The van der Waals surface area contributed by atoms with Gasteiger partial charge in [-0.05, 0) is 6.42 Å². The van der Waals surface area contributed by atoms with E-state index in [1.807, 2.05) is 0 Å². The Labute approximate surface area is 66.0 Å². The smallest absolute Gasteiger partial charge is 0.333 e. The van der Waals surface area contributed by atoms with Gasteiger partial charge in [0.05, 0.1) is 0 Å². The highest BCUT2D eigenvalue weighted by atomic mass is 16.7. The van der Waals surface area contributed by atoms with Gasteiger partial charge >= 0.3 is 5.97 Å². The maximum absolute atomic E-state index is 10.7. The van der Waals surface area contributed by atoms with Gasteiger partial charge in [-0.2, -0.15) is 0 Å². The van der Waals surface area contributed by atoms with Crippen LogP contribution in [0.4, 0.5) is 0 Å². The van der Waals surface area contributed by atoms with Crippen LogP contribution in [0.2, 0.25) is 0 Å². The van der Waals surface area contributed by atoms with E-state index < -0.39 is 6.29 Å². The molecular weight excluding hydrogens is 144 g/mol. The van der Waals surface area contributed by atoms with E-state index in [9.17, 15) is 4.79 Å². The van der Waals surface area contributed by atoms with Crippen LogP contribution in [0.3, 0.4) is 0 Å². The number of cyclic esters (lactones) is 1. The second-order valence-corrected chi connectivity index (χ2v) is 2.47. The Hall–Kier alpha value is -0.830. The molecule has 0 aromatic rings. The number of rotatable bonds is 3. The minimum absolute atomic E-state index is 0.291. The number of hydrogen-bond donors (Lipinski definition) is 0. The van der Waals surface area contributed by atoms with Crippen LogP contribution in [0.1, 0.15) is 19.8 Å². The molecule has 1 rings (SSSR count). The van der Waals surface area contributed by atoms with Gasteiger partial charge in [-0.3, -0.25) is 0 Å². The molecule has 3 nitrogen and oxygen atoms in total. The summed E-state index contributed by atoms with van der Waals surface area (Å²) >= 11 is 0. The molecule has 1 aliphatic rings. The lowest BCUT2D eigenvalue weighted by Gasteiger charge is -2.10. The molecular formula is C8H12O3. The molecule has 0 N–H and O–H groups in total. The first-order chi connectivity index (χ1) is 5.27. The summed E-state index contributed by atoms with van der Waals surface area (Å²) in [4.78, 5) is 10.7. The van der Waals surface area contributed by atoms with Gasteiger partial charge in [-0.15, -0.1) is 0 Å². The van der Waals surface area contributed by atoms with Crippen molar-refractivity contribution in [2.45, 2.75) is 26.1 Å². The van der Waals surface area contributed by atoms with Crippen LogP contribution in [-0.2, 0) is 14.3 Å². The zero-order chi connectivity index (χ0) is 8.27. The Balaban J connectivity index is 2.58. The molecule has 0 fully saturated rings. The maximum Gasteiger partial charge on any atom is 0.333 e. The Kier molecular flexibility index (Phi) is 2.65. The normalized spacial score (nSPS) is 23.3. The SMILES string of the molecule is CCCC1=CC(=O)OC1OC. The molecule has 0 amide bonds. The summed E-state index contributed by atoms with van der Waals surface area (Å²) < 4.78 is 9.76. The molecule has 0 aliphatic carbocycles. The third-order valence-corrected chi connectivity index (χ3v) is 1.58. The number of carbonyl (C=O) groups excluding carboxylic acids is 1. The Morgan fingerprint density at radius 2 is 2.45 bits per heavy atom. The Morgan fingerprint density at radius 1 is 1.73 bits per heavy atom. The molecule has 3 heteroatoms. The van der Waals surface area contributed by atoms with E-state index in [0.717, 1.165) is 18.4 Å². The fraction of sp³-hybridized carbons (Fsp3) is 0.625. The second-order valence-electron chi connectivity index (χ2n) is 2.47. The number of esters is 1. The van der Waals surface area contributed by atoms with Crippen molar-refractivity contribution >= 4 is 5.97 Å². The Morgan fingerprint density at radius 3 is 3.00 bits per heavy atom. The summed E-state index contributed by atoms with van der Waals surface area (Å²) in [5.41, 5.74) is 0.944. The molecule has 62 valence electrons. The van der Waals surface area contributed by atoms with Gasteiger partial charge in [-0.1, -0.05) is 13.3 Å². The molecule has 0 spiro atoms. The van der Waals surface area contributed by atoms with Crippen LogP contribution in [-0.4, -0.2) is 19.4 Å². The van der Waals surface area contributed by atoms with Crippen molar-refractivity contribution in [2.24, 2.45) is 0 Å². The number of hydrogen-bond acceptors (Lipinski definition) is 3. The van der Waals surface area contributed by atoms with E-state index in [-0.39, 0.29) is 5.97 Å². The first-order valence-corrected chi connectivity index (χ1v) is 3.71. The van der Waals surface area contributed by atoms with Crippen LogP contribution >= 0.6 is 0 Å². The van der Waals surface area contributed by atoms with E-state index in [4.69, 9.17) is 9.47 Å². The molecule has 1 atom stereocenters. The average molecular weight is 156 g/mol. The van der Waals surface area contributed by atoms with Crippen molar-refractivity contribution in [3.8, 4) is 0 Å². The van der Waals surface area contributed by atoms with E-state index in [1.165, 1.54) is 13.2 Å². The van der Waals surface area contributed by atoms with Gasteiger partial charge in [-0.25, -0.2) is 4.79 Å². The number of carbonyl (C=O) groups is 1. The van der Waals surface area contributed by atoms with Crippen molar-refractivity contribution in [2.75, 3.05) is 7.11 Å². The van der Waals surface area contributed by atoms with Gasteiger partial charge in [0.2, 0.25) is 6.29 Å². The van der Waals surface area contributed by atoms with Crippen LogP contribution in [0.5, 0.6) is 0 Å². The van der Waals surface area contributed by atoms with Crippen molar-refractivity contribution in [3.05, 3.63) is 11.6 Å². The molecule has 0 radical (unpaired) electrons. The molecule has 1 heterocycles. The van der Waals surface area contributed by atoms with Crippen molar-refractivity contribution < 1.29 is 14.3 Å². The molecule has 0 saturated heterocycles. The predicted molar refractivity (Wildman–Crippen MR) is 39.9 cm³/mol. The van der Waals surface area contributed by atoms with Crippen LogP contribution in [0.15, 0.2) is 11.6 Å². The number of ether oxygens (including phenoxy) is 2. The minimum Gasteiger partial charge on any atom is -0.428 e. The summed E-state index contributed by atoms with van der Waals surface area (Å²) in [6.45, 7) is 2.05. The number of methoxy groups -OCH3 is 1. The summed E-state index contributed by atoms with van der Waals surface area (Å²) in [5, 5.41) is 0. The van der Waals surface area contributed by atoms with Crippen LogP contribution in [0.25, 0.3) is 0 Å². The third-order valence-electron chi connectivity index (χ3n) is 1.58. The summed E-state index contributed by atoms with van der Waals surface area (Å²) in [6, 6.07) is 0. The highest BCUT2D eigenvalue weighted by Gasteiger charge is 2.24. The molecule has 1 unspecified atom stereocenters. The summed E-state index contributed by atoms with van der Waals surface area (Å²) in [6.07, 6.45) is 2.95. The first kappa shape index (κ1) is 8.27. The lowest BCUT2D eigenvalue weighted by Crippen LogP contribution is -2.13. The first-order valence-electron chi connectivity index (χ1n) is 3.71. The lowest BCUT2D eigenvalue weighted by molar-refractivity contribution is -0.155. The predicted octanol–water partition coefficient (Wildman–Crippen LogP) is 1.24. The minimum atomic E-state index is -0.428. The highest BCUT2D eigenvalue weighted by Crippen LogP contribution is 2.20. The fourth-order valence-electron chi connectivity index (χ4n) is 1.11. The monoisotopic (exact) mass is 156 g/mol. The van der Waals surface area contributed by atoms with Gasteiger partial charge in [0, 0.05) is 18.8 Å². The molecule has 0 bridgehead atoms. The lowest BCUT2D eigenvalue weighted by atomic mass is 10.1. The van der Waals surface area contributed by atoms with E-state index >= 15 is 0 Å². The van der Waals surface area contributed by atoms with Gasteiger partial charge in [0.1, 0.15) is 0 Å². The second kappa shape index (κ2) is 3.53. The standard InChI is InChI=1S/C8H12O3/c1-3-4-6-5-7(9)11-8(6)10-2/h5,8H,3-4H2,1-2H3. The molecule has 1 aliphatic heterocycles. The zero-order valence-corrected chi connectivity index (χ0v) is 6.79. The van der Waals surface area contributed by atoms with Crippen LogP contribution < -0.4 is 0 Å². The molecule has 0 aromatic heterocycles. The highest BCUT2D eigenvalue weighted by molar-refractivity contribution is 5.85. The summed E-state index contributed by atoms with van der Waals surface area (Å²) in [7, 11) is 1.53. The quantitative estimate of drug-likeness (QED) is 0.577. The summed E-state index contributed by atoms with van der Waals surface area (Å²) in [5.74, 6) is -0.291.